The first-order valence-corrected chi connectivity index (χ1v) is 8.00. The molecule has 0 bridgehead atoms. The standard InChI is InChI=1S/C15H21N3O2S/c1-6-11(12-9(4)18-20-10(12)5)14(19)17-15-13(8(2)3)16-7-21-15/h7-8,11H,6H2,1-5H3,(H,17,19). The van der Waals surface area contributed by atoms with E-state index in [2.05, 4.69) is 29.3 Å². The summed E-state index contributed by atoms with van der Waals surface area (Å²) in [6.07, 6.45) is 0.699. The molecule has 1 N–H and O–H groups in total. The molecule has 0 saturated carbocycles. The van der Waals surface area contributed by atoms with E-state index in [1.54, 1.807) is 5.51 Å². The Morgan fingerprint density at radius 1 is 1.43 bits per heavy atom. The summed E-state index contributed by atoms with van der Waals surface area (Å²) >= 11 is 1.46. The maximum atomic E-state index is 12.6. The van der Waals surface area contributed by atoms with Crippen molar-refractivity contribution in [2.45, 2.75) is 52.9 Å². The molecule has 2 rings (SSSR count). The summed E-state index contributed by atoms with van der Waals surface area (Å²) in [5.41, 5.74) is 4.37. The Hall–Kier alpha value is -1.69. The Bertz CT molecular complexity index is 611. The third-order valence-electron chi connectivity index (χ3n) is 3.54. The van der Waals surface area contributed by atoms with Gasteiger partial charge in [0.2, 0.25) is 5.91 Å². The quantitative estimate of drug-likeness (QED) is 0.906. The monoisotopic (exact) mass is 307 g/mol. The molecule has 0 aliphatic heterocycles. The number of anilines is 1. The normalized spacial score (nSPS) is 12.7. The van der Waals surface area contributed by atoms with E-state index in [0.29, 0.717) is 12.2 Å². The lowest BCUT2D eigenvalue weighted by Crippen LogP contribution is -2.21. The molecule has 6 heteroatoms. The number of carbonyl (C=O) groups is 1. The summed E-state index contributed by atoms with van der Waals surface area (Å²) in [6.45, 7) is 9.84. The third kappa shape index (κ3) is 3.15. The van der Waals surface area contributed by atoms with Crippen molar-refractivity contribution in [3.63, 3.8) is 0 Å². The van der Waals surface area contributed by atoms with E-state index in [-0.39, 0.29) is 17.7 Å². The number of aryl methyl sites for hydroxylation is 2. The number of thiazole rings is 1. The Morgan fingerprint density at radius 3 is 2.67 bits per heavy atom. The molecule has 0 fully saturated rings. The van der Waals surface area contributed by atoms with Gasteiger partial charge in [0.25, 0.3) is 0 Å². The van der Waals surface area contributed by atoms with Gasteiger partial charge in [0.15, 0.2) is 0 Å². The molecule has 0 spiro atoms. The van der Waals surface area contributed by atoms with Crippen LogP contribution in [0.4, 0.5) is 5.00 Å². The van der Waals surface area contributed by atoms with Gasteiger partial charge in [-0.3, -0.25) is 4.79 Å². The Morgan fingerprint density at radius 2 is 2.14 bits per heavy atom. The first kappa shape index (κ1) is 15.7. The largest absolute Gasteiger partial charge is 0.361 e. The fourth-order valence-electron chi connectivity index (χ4n) is 2.47. The van der Waals surface area contributed by atoms with Crippen LogP contribution in [0.2, 0.25) is 0 Å². The van der Waals surface area contributed by atoms with Crippen LogP contribution in [-0.4, -0.2) is 16.0 Å². The summed E-state index contributed by atoms with van der Waals surface area (Å²) in [5.74, 6) is 0.713. The second-order valence-electron chi connectivity index (χ2n) is 5.41. The number of hydrogen-bond donors (Lipinski definition) is 1. The van der Waals surface area contributed by atoms with Gasteiger partial charge in [0, 0.05) is 5.56 Å². The zero-order chi connectivity index (χ0) is 15.6. The second kappa shape index (κ2) is 6.39. The highest BCUT2D eigenvalue weighted by Crippen LogP contribution is 2.31. The lowest BCUT2D eigenvalue weighted by atomic mass is 9.94. The van der Waals surface area contributed by atoms with Crippen LogP contribution in [-0.2, 0) is 4.79 Å². The highest BCUT2D eigenvalue weighted by molar-refractivity contribution is 7.14. The molecular weight excluding hydrogens is 286 g/mol. The van der Waals surface area contributed by atoms with E-state index in [0.717, 1.165) is 22.0 Å². The van der Waals surface area contributed by atoms with Gasteiger partial charge in [0.05, 0.1) is 22.8 Å². The van der Waals surface area contributed by atoms with E-state index in [1.165, 1.54) is 11.3 Å². The smallest absolute Gasteiger partial charge is 0.232 e. The number of nitrogens with one attached hydrogen (secondary N) is 1. The summed E-state index contributed by atoms with van der Waals surface area (Å²) in [6, 6.07) is 0. The highest BCUT2D eigenvalue weighted by atomic mass is 32.1. The number of carbonyl (C=O) groups excluding carboxylic acids is 1. The van der Waals surface area contributed by atoms with Crippen LogP contribution in [0.5, 0.6) is 0 Å². The van der Waals surface area contributed by atoms with Gasteiger partial charge in [-0.2, -0.15) is 0 Å². The Labute approximate surface area is 128 Å². The molecule has 2 aromatic heterocycles. The van der Waals surface area contributed by atoms with Crippen LogP contribution >= 0.6 is 11.3 Å². The molecule has 2 aromatic rings. The topological polar surface area (TPSA) is 68.0 Å². The predicted octanol–water partition coefficient (Wildman–Crippen LogP) is 4.00. The van der Waals surface area contributed by atoms with Gasteiger partial charge in [-0.05, 0) is 26.2 Å². The number of amides is 1. The van der Waals surface area contributed by atoms with E-state index in [9.17, 15) is 4.79 Å². The van der Waals surface area contributed by atoms with E-state index in [4.69, 9.17) is 4.52 Å². The minimum Gasteiger partial charge on any atom is -0.361 e. The van der Waals surface area contributed by atoms with Gasteiger partial charge >= 0.3 is 0 Å². The molecule has 0 aliphatic carbocycles. The first-order chi connectivity index (χ1) is 9.95. The number of nitrogens with zero attached hydrogens (tertiary/aromatic N) is 2. The second-order valence-corrected chi connectivity index (χ2v) is 6.26. The molecular formula is C15H21N3O2S. The van der Waals surface area contributed by atoms with E-state index >= 15 is 0 Å². The highest BCUT2D eigenvalue weighted by Gasteiger charge is 2.26. The van der Waals surface area contributed by atoms with Crippen molar-refractivity contribution in [2.75, 3.05) is 5.32 Å². The van der Waals surface area contributed by atoms with Crippen LogP contribution in [0, 0.1) is 13.8 Å². The molecule has 2 heterocycles. The fourth-order valence-corrected chi connectivity index (χ4v) is 3.31. The van der Waals surface area contributed by atoms with Gasteiger partial charge in [-0.15, -0.1) is 11.3 Å². The predicted molar refractivity (Wildman–Crippen MR) is 83.8 cm³/mol. The molecule has 0 radical (unpaired) electrons. The van der Waals surface area contributed by atoms with Crippen LogP contribution in [0.15, 0.2) is 10.0 Å². The van der Waals surface area contributed by atoms with E-state index < -0.39 is 0 Å². The van der Waals surface area contributed by atoms with Crippen LogP contribution in [0.25, 0.3) is 0 Å². The van der Waals surface area contributed by atoms with Crippen LogP contribution < -0.4 is 5.32 Å². The minimum absolute atomic E-state index is 0.0296. The summed E-state index contributed by atoms with van der Waals surface area (Å²) in [5, 5.41) is 7.79. The van der Waals surface area contributed by atoms with E-state index in [1.807, 2.05) is 20.8 Å². The molecule has 1 atom stereocenters. The summed E-state index contributed by atoms with van der Waals surface area (Å²) in [7, 11) is 0. The van der Waals surface area contributed by atoms with Crippen molar-refractivity contribution in [2.24, 2.45) is 0 Å². The molecule has 1 unspecified atom stereocenters. The zero-order valence-corrected chi connectivity index (χ0v) is 13.9. The zero-order valence-electron chi connectivity index (χ0n) is 13.1. The number of hydrogen-bond acceptors (Lipinski definition) is 5. The molecule has 0 aromatic carbocycles. The molecule has 21 heavy (non-hydrogen) atoms. The Balaban J connectivity index is 2.24. The number of rotatable bonds is 5. The van der Waals surface area contributed by atoms with Crippen molar-refractivity contribution >= 4 is 22.2 Å². The molecule has 114 valence electrons. The fraction of sp³-hybridized carbons (Fsp3) is 0.533. The average Bonchev–Trinajstić information content (AvgIpc) is 3.01. The number of aromatic nitrogens is 2. The molecule has 5 nitrogen and oxygen atoms in total. The maximum Gasteiger partial charge on any atom is 0.232 e. The van der Waals surface area contributed by atoms with Crippen LogP contribution in [0.1, 0.15) is 61.7 Å². The average molecular weight is 307 g/mol. The van der Waals surface area contributed by atoms with Crippen molar-refractivity contribution in [1.29, 1.82) is 0 Å². The maximum absolute atomic E-state index is 12.6. The lowest BCUT2D eigenvalue weighted by Gasteiger charge is -2.15. The third-order valence-corrected chi connectivity index (χ3v) is 4.30. The van der Waals surface area contributed by atoms with Crippen molar-refractivity contribution in [1.82, 2.24) is 10.1 Å². The summed E-state index contributed by atoms with van der Waals surface area (Å²) in [4.78, 5) is 16.9. The van der Waals surface area contributed by atoms with Gasteiger partial charge < -0.3 is 9.84 Å². The lowest BCUT2D eigenvalue weighted by molar-refractivity contribution is -0.117. The minimum atomic E-state index is -0.252. The molecule has 0 aliphatic rings. The first-order valence-electron chi connectivity index (χ1n) is 7.12. The van der Waals surface area contributed by atoms with Crippen molar-refractivity contribution in [3.05, 3.63) is 28.2 Å². The summed E-state index contributed by atoms with van der Waals surface area (Å²) < 4.78 is 5.19. The SMILES string of the molecule is CCC(C(=O)Nc1scnc1C(C)C)c1c(C)noc1C. The van der Waals surface area contributed by atoms with Gasteiger partial charge in [-0.25, -0.2) is 4.98 Å². The van der Waals surface area contributed by atoms with Gasteiger partial charge in [0.1, 0.15) is 10.8 Å². The van der Waals surface area contributed by atoms with Crippen LogP contribution in [0.3, 0.4) is 0 Å². The van der Waals surface area contributed by atoms with Gasteiger partial charge in [-0.1, -0.05) is 25.9 Å². The molecule has 1 amide bonds. The Kier molecular flexibility index (Phi) is 4.77. The van der Waals surface area contributed by atoms with Crippen molar-refractivity contribution in [3.8, 4) is 0 Å². The molecule has 0 saturated heterocycles. The van der Waals surface area contributed by atoms with Crippen molar-refractivity contribution < 1.29 is 9.32 Å².